The zero-order valence-electron chi connectivity index (χ0n) is 10.5. The Kier molecular flexibility index (Phi) is 3.63. The third kappa shape index (κ3) is 2.69. The lowest BCUT2D eigenvalue weighted by atomic mass is 9.99. The maximum absolute atomic E-state index is 14.3. The summed E-state index contributed by atoms with van der Waals surface area (Å²) in [5, 5.41) is 19.7. The fourth-order valence-corrected chi connectivity index (χ4v) is 1.86. The number of primary amides is 1. The van der Waals surface area contributed by atoms with Crippen molar-refractivity contribution < 1.29 is 14.1 Å². The van der Waals surface area contributed by atoms with E-state index in [-0.39, 0.29) is 16.7 Å². The van der Waals surface area contributed by atoms with Gasteiger partial charge in [0.15, 0.2) is 0 Å². The summed E-state index contributed by atoms with van der Waals surface area (Å²) in [5.74, 6) is -2.06. The fraction of sp³-hybridized carbons (Fsp3) is 0. The Hall–Kier alpha value is -3.27. The number of nitro benzene ring substituents is 1. The van der Waals surface area contributed by atoms with E-state index in [1.807, 2.05) is 6.07 Å². The second-order valence-electron chi connectivity index (χ2n) is 4.17. The third-order valence-electron chi connectivity index (χ3n) is 2.84. The van der Waals surface area contributed by atoms with Crippen LogP contribution in [0.15, 0.2) is 36.4 Å². The van der Waals surface area contributed by atoms with Gasteiger partial charge in [-0.2, -0.15) is 5.26 Å². The number of nitro groups is 1. The summed E-state index contributed by atoms with van der Waals surface area (Å²) in [7, 11) is 0. The van der Waals surface area contributed by atoms with E-state index in [1.54, 1.807) is 0 Å². The van der Waals surface area contributed by atoms with E-state index < -0.39 is 27.9 Å². The molecule has 0 unspecified atom stereocenters. The molecule has 6 nitrogen and oxygen atoms in total. The Balaban J connectivity index is 2.75. The van der Waals surface area contributed by atoms with Crippen LogP contribution < -0.4 is 5.73 Å². The molecule has 0 atom stereocenters. The molecular formula is C14H8FN3O3. The van der Waals surface area contributed by atoms with Gasteiger partial charge in [-0.15, -0.1) is 0 Å². The van der Waals surface area contributed by atoms with Crippen molar-refractivity contribution in [1.82, 2.24) is 0 Å². The van der Waals surface area contributed by atoms with Gasteiger partial charge in [0.1, 0.15) is 5.82 Å². The number of rotatable bonds is 3. The van der Waals surface area contributed by atoms with Crippen molar-refractivity contribution in [2.75, 3.05) is 0 Å². The van der Waals surface area contributed by atoms with E-state index in [0.29, 0.717) is 0 Å². The molecule has 2 N–H and O–H groups in total. The average molecular weight is 285 g/mol. The first kappa shape index (κ1) is 14.1. The molecule has 0 bridgehead atoms. The van der Waals surface area contributed by atoms with Crippen molar-refractivity contribution in [2.24, 2.45) is 5.73 Å². The Morgan fingerprint density at radius 1 is 1.33 bits per heavy atom. The quantitative estimate of drug-likeness (QED) is 0.689. The molecule has 0 spiro atoms. The molecule has 0 saturated heterocycles. The molecule has 0 saturated carbocycles. The molecule has 1 amide bonds. The number of benzene rings is 2. The van der Waals surface area contributed by atoms with Crippen molar-refractivity contribution in [3.63, 3.8) is 0 Å². The summed E-state index contributed by atoms with van der Waals surface area (Å²) in [6.45, 7) is 0. The lowest BCUT2D eigenvalue weighted by Gasteiger charge is -2.07. The predicted octanol–water partition coefficient (Wildman–Crippen LogP) is 2.37. The van der Waals surface area contributed by atoms with Crippen LogP contribution in [0.25, 0.3) is 11.1 Å². The first-order valence-electron chi connectivity index (χ1n) is 5.72. The monoisotopic (exact) mass is 285 g/mol. The van der Waals surface area contributed by atoms with Gasteiger partial charge < -0.3 is 5.73 Å². The molecule has 2 aromatic rings. The molecule has 2 aromatic carbocycles. The Bertz CT molecular complexity index is 797. The van der Waals surface area contributed by atoms with Crippen LogP contribution in [0, 0.1) is 27.3 Å². The molecule has 2 rings (SSSR count). The molecule has 21 heavy (non-hydrogen) atoms. The Labute approximate surface area is 118 Å². The van der Waals surface area contributed by atoms with Crippen molar-refractivity contribution in [2.45, 2.75) is 0 Å². The Morgan fingerprint density at radius 3 is 2.62 bits per heavy atom. The van der Waals surface area contributed by atoms with E-state index >= 15 is 0 Å². The number of nitriles is 1. The summed E-state index contributed by atoms with van der Waals surface area (Å²) in [6.07, 6.45) is 0. The predicted molar refractivity (Wildman–Crippen MR) is 71.7 cm³/mol. The number of halogens is 1. The summed E-state index contributed by atoms with van der Waals surface area (Å²) in [5.41, 5.74) is 4.36. The number of carbonyl (C=O) groups is 1. The summed E-state index contributed by atoms with van der Waals surface area (Å²) >= 11 is 0. The molecule has 0 fully saturated rings. The first-order valence-corrected chi connectivity index (χ1v) is 5.72. The van der Waals surface area contributed by atoms with Gasteiger partial charge in [0.2, 0.25) is 0 Å². The number of non-ortho nitro benzene ring substituents is 1. The molecule has 0 heterocycles. The van der Waals surface area contributed by atoms with E-state index in [2.05, 4.69) is 0 Å². The largest absolute Gasteiger partial charge is 0.366 e. The molecule has 0 aliphatic carbocycles. The van der Waals surface area contributed by atoms with E-state index in [1.165, 1.54) is 24.3 Å². The standard InChI is InChI=1S/C14H8FN3O3/c15-13-11(9-3-1-2-8(4-9)7-16)5-10(18(20)21)6-12(13)14(17)19/h1-6H,(H2,17,19). The van der Waals surface area contributed by atoms with Crippen molar-refractivity contribution in [3.8, 4) is 17.2 Å². The fourth-order valence-electron chi connectivity index (χ4n) is 1.86. The molecule has 104 valence electrons. The molecule has 0 aliphatic heterocycles. The van der Waals surface area contributed by atoms with Gasteiger partial charge in [-0.1, -0.05) is 12.1 Å². The number of nitrogens with two attached hydrogens (primary N) is 1. The minimum absolute atomic E-state index is 0.157. The van der Waals surface area contributed by atoms with E-state index in [9.17, 15) is 19.3 Å². The topological polar surface area (TPSA) is 110 Å². The third-order valence-corrected chi connectivity index (χ3v) is 2.84. The number of amides is 1. The smallest absolute Gasteiger partial charge is 0.271 e. The molecular weight excluding hydrogens is 277 g/mol. The first-order chi connectivity index (χ1) is 9.93. The van der Waals surface area contributed by atoms with E-state index in [0.717, 1.165) is 12.1 Å². The average Bonchev–Trinajstić information content (AvgIpc) is 2.46. The highest BCUT2D eigenvalue weighted by molar-refractivity contribution is 5.95. The molecule has 7 heteroatoms. The van der Waals surface area contributed by atoms with Crippen molar-refractivity contribution >= 4 is 11.6 Å². The second-order valence-corrected chi connectivity index (χ2v) is 4.17. The highest BCUT2D eigenvalue weighted by atomic mass is 19.1. The number of nitrogens with zero attached hydrogens (tertiary/aromatic N) is 2. The highest BCUT2D eigenvalue weighted by Gasteiger charge is 2.20. The van der Waals surface area contributed by atoms with Crippen LogP contribution in [0.5, 0.6) is 0 Å². The van der Waals surface area contributed by atoms with Gasteiger partial charge in [0, 0.05) is 17.7 Å². The molecule has 0 aromatic heterocycles. The van der Waals surface area contributed by atoms with Gasteiger partial charge in [-0.25, -0.2) is 4.39 Å². The van der Waals surface area contributed by atoms with Gasteiger partial charge in [-0.3, -0.25) is 14.9 Å². The lowest BCUT2D eigenvalue weighted by Crippen LogP contribution is -2.14. The number of hydrogen-bond acceptors (Lipinski definition) is 4. The van der Waals surface area contributed by atoms with Gasteiger partial charge in [-0.05, 0) is 17.7 Å². The summed E-state index contributed by atoms with van der Waals surface area (Å²) < 4.78 is 14.3. The second kappa shape index (κ2) is 5.38. The van der Waals surface area contributed by atoms with E-state index in [4.69, 9.17) is 11.0 Å². The lowest BCUT2D eigenvalue weighted by molar-refractivity contribution is -0.384. The number of carbonyl (C=O) groups excluding carboxylic acids is 1. The van der Waals surface area contributed by atoms with Crippen LogP contribution in [-0.2, 0) is 0 Å². The summed E-state index contributed by atoms with van der Waals surface area (Å²) in [6, 6.07) is 9.53. The normalized spacial score (nSPS) is 9.90. The zero-order valence-corrected chi connectivity index (χ0v) is 10.5. The molecule has 0 radical (unpaired) electrons. The Morgan fingerprint density at radius 2 is 2.05 bits per heavy atom. The molecule has 0 aliphatic rings. The maximum Gasteiger partial charge on any atom is 0.271 e. The van der Waals surface area contributed by atoms with Crippen LogP contribution in [0.2, 0.25) is 0 Å². The van der Waals surface area contributed by atoms with Crippen LogP contribution in [0.4, 0.5) is 10.1 Å². The maximum atomic E-state index is 14.3. The summed E-state index contributed by atoms with van der Waals surface area (Å²) in [4.78, 5) is 21.3. The SMILES string of the molecule is N#Cc1cccc(-c2cc([N+](=O)[O-])cc(C(N)=O)c2F)c1. The minimum atomic E-state index is -1.10. The van der Waals surface area contributed by atoms with Crippen LogP contribution in [-0.4, -0.2) is 10.8 Å². The highest BCUT2D eigenvalue weighted by Crippen LogP contribution is 2.30. The van der Waals surface area contributed by atoms with Gasteiger partial charge in [0.25, 0.3) is 11.6 Å². The van der Waals surface area contributed by atoms with Crippen LogP contribution in [0.3, 0.4) is 0 Å². The van der Waals surface area contributed by atoms with Crippen molar-refractivity contribution in [3.05, 3.63) is 63.5 Å². The minimum Gasteiger partial charge on any atom is -0.366 e. The van der Waals surface area contributed by atoms with Crippen LogP contribution in [0.1, 0.15) is 15.9 Å². The number of hydrogen-bond donors (Lipinski definition) is 1. The van der Waals surface area contributed by atoms with Crippen LogP contribution >= 0.6 is 0 Å². The van der Waals surface area contributed by atoms with Gasteiger partial charge in [0.05, 0.1) is 22.1 Å². The van der Waals surface area contributed by atoms with Gasteiger partial charge >= 0.3 is 0 Å². The zero-order chi connectivity index (χ0) is 15.6. The van der Waals surface area contributed by atoms with Crippen molar-refractivity contribution in [1.29, 1.82) is 5.26 Å².